The molecule has 2 heterocycles. The zero-order valence-corrected chi connectivity index (χ0v) is 10.9. The number of aromatic nitrogens is 2. The quantitative estimate of drug-likeness (QED) is 0.837. The van der Waals surface area contributed by atoms with E-state index in [1.165, 1.54) is 0 Å². The van der Waals surface area contributed by atoms with Gasteiger partial charge in [-0.3, -0.25) is 5.32 Å². The van der Waals surface area contributed by atoms with E-state index < -0.39 is 11.7 Å². The van der Waals surface area contributed by atoms with E-state index in [9.17, 15) is 4.79 Å². The summed E-state index contributed by atoms with van der Waals surface area (Å²) in [6.07, 6.45) is 3.99. The molecule has 2 rings (SSSR count). The molecular formula is C12H18N4O2. The van der Waals surface area contributed by atoms with Crippen molar-refractivity contribution in [3.05, 3.63) is 18.0 Å². The number of hydrogen-bond acceptors (Lipinski definition) is 5. The van der Waals surface area contributed by atoms with Crippen LogP contribution < -0.4 is 10.6 Å². The van der Waals surface area contributed by atoms with E-state index >= 15 is 0 Å². The third-order valence-electron chi connectivity index (χ3n) is 2.51. The molecule has 18 heavy (non-hydrogen) atoms. The number of rotatable bonds is 2. The molecule has 1 unspecified atom stereocenters. The standard InChI is InChI=1S/C12H18N4O2/c1-12(2,3)18-11(17)16-10-14-6-8(7-15-10)9-4-5-13-9/h6-7,9,13H,4-5H2,1-3H3,(H,14,15,16,17). The minimum Gasteiger partial charge on any atom is -0.444 e. The first-order valence-electron chi connectivity index (χ1n) is 5.99. The molecule has 0 aromatic carbocycles. The number of nitrogens with zero attached hydrogens (tertiary/aromatic N) is 2. The van der Waals surface area contributed by atoms with Crippen LogP contribution in [-0.4, -0.2) is 28.2 Å². The van der Waals surface area contributed by atoms with Gasteiger partial charge in [0, 0.05) is 24.0 Å². The maximum atomic E-state index is 11.5. The second-order valence-corrected chi connectivity index (χ2v) is 5.26. The van der Waals surface area contributed by atoms with Gasteiger partial charge in [-0.15, -0.1) is 0 Å². The van der Waals surface area contributed by atoms with Gasteiger partial charge in [0.2, 0.25) is 5.95 Å². The third kappa shape index (κ3) is 3.40. The Labute approximate surface area is 106 Å². The molecule has 6 heteroatoms. The summed E-state index contributed by atoms with van der Waals surface area (Å²) < 4.78 is 5.11. The molecule has 0 saturated carbocycles. The van der Waals surface area contributed by atoms with Gasteiger partial charge in [0.1, 0.15) is 5.60 Å². The Morgan fingerprint density at radius 2 is 2.06 bits per heavy atom. The van der Waals surface area contributed by atoms with Crippen LogP contribution in [0.5, 0.6) is 0 Å². The van der Waals surface area contributed by atoms with E-state index in [1.54, 1.807) is 33.2 Å². The minimum absolute atomic E-state index is 0.257. The number of hydrogen-bond donors (Lipinski definition) is 2. The summed E-state index contributed by atoms with van der Waals surface area (Å²) in [6, 6.07) is 0.348. The molecule has 0 aliphatic carbocycles. The molecule has 0 radical (unpaired) electrons. The van der Waals surface area contributed by atoms with Crippen LogP contribution in [0.15, 0.2) is 12.4 Å². The SMILES string of the molecule is CC(C)(C)OC(=O)Nc1ncc(C2CCN2)cn1. The van der Waals surface area contributed by atoms with Crippen LogP contribution in [-0.2, 0) is 4.74 Å². The maximum Gasteiger partial charge on any atom is 0.414 e. The van der Waals surface area contributed by atoms with Crippen molar-refractivity contribution in [3.8, 4) is 0 Å². The summed E-state index contributed by atoms with van der Waals surface area (Å²) in [7, 11) is 0. The number of carbonyl (C=O) groups excluding carboxylic acids is 1. The monoisotopic (exact) mass is 250 g/mol. The minimum atomic E-state index is -0.544. The molecule has 6 nitrogen and oxygen atoms in total. The molecule has 1 aromatic rings. The summed E-state index contributed by atoms with van der Waals surface area (Å²) in [5.41, 5.74) is 0.510. The molecular weight excluding hydrogens is 232 g/mol. The lowest BCUT2D eigenvalue weighted by Gasteiger charge is -2.27. The Balaban J connectivity index is 1.91. The van der Waals surface area contributed by atoms with Gasteiger partial charge in [-0.25, -0.2) is 14.8 Å². The zero-order chi connectivity index (χ0) is 13.2. The van der Waals surface area contributed by atoms with Gasteiger partial charge < -0.3 is 10.1 Å². The van der Waals surface area contributed by atoms with Crippen molar-refractivity contribution in [2.75, 3.05) is 11.9 Å². The second kappa shape index (κ2) is 4.89. The zero-order valence-electron chi connectivity index (χ0n) is 10.9. The van der Waals surface area contributed by atoms with Crippen LogP contribution in [0.3, 0.4) is 0 Å². The highest BCUT2D eigenvalue weighted by Gasteiger charge is 2.20. The Hall–Kier alpha value is -1.69. The molecule has 1 aliphatic heterocycles. The van der Waals surface area contributed by atoms with Crippen LogP contribution in [0.4, 0.5) is 10.7 Å². The fourth-order valence-electron chi connectivity index (χ4n) is 1.55. The molecule has 1 saturated heterocycles. The Morgan fingerprint density at radius 3 is 2.50 bits per heavy atom. The molecule has 1 fully saturated rings. The van der Waals surface area contributed by atoms with Crippen LogP contribution >= 0.6 is 0 Å². The predicted molar refractivity (Wildman–Crippen MR) is 67.2 cm³/mol. The van der Waals surface area contributed by atoms with Crippen LogP contribution in [0.1, 0.15) is 38.8 Å². The Kier molecular flexibility index (Phi) is 3.47. The lowest BCUT2D eigenvalue weighted by molar-refractivity contribution is 0.0634. The van der Waals surface area contributed by atoms with Gasteiger partial charge in [0.15, 0.2) is 0 Å². The molecule has 1 atom stereocenters. The van der Waals surface area contributed by atoms with Gasteiger partial charge in [-0.1, -0.05) is 0 Å². The normalized spacial score (nSPS) is 18.9. The Morgan fingerprint density at radius 1 is 1.44 bits per heavy atom. The van der Waals surface area contributed by atoms with Gasteiger partial charge in [0.25, 0.3) is 0 Å². The van der Waals surface area contributed by atoms with Crippen molar-refractivity contribution >= 4 is 12.0 Å². The smallest absolute Gasteiger partial charge is 0.414 e. The van der Waals surface area contributed by atoms with Gasteiger partial charge in [0.05, 0.1) is 0 Å². The average molecular weight is 250 g/mol. The molecule has 98 valence electrons. The maximum absolute atomic E-state index is 11.5. The molecule has 1 aromatic heterocycles. The highest BCUT2D eigenvalue weighted by atomic mass is 16.6. The second-order valence-electron chi connectivity index (χ2n) is 5.26. The largest absolute Gasteiger partial charge is 0.444 e. The molecule has 2 N–H and O–H groups in total. The number of carbonyl (C=O) groups is 1. The summed E-state index contributed by atoms with van der Waals surface area (Å²) in [5, 5.41) is 5.76. The van der Waals surface area contributed by atoms with Crippen molar-refractivity contribution in [3.63, 3.8) is 0 Å². The summed E-state index contributed by atoms with van der Waals surface area (Å²) in [5.74, 6) is 0.257. The van der Waals surface area contributed by atoms with Crippen LogP contribution in [0.2, 0.25) is 0 Å². The topological polar surface area (TPSA) is 76.1 Å². The third-order valence-corrected chi connectivity index (χ3v) is 2.51. The van der Waals surface area contributed by atoms with E-state index in [0.29, 0.717) is 6.04 Å². The number of amides is 1. The van der Waals surface area contributed by atoms with Gasteiger partial charge >= 0.3 is 6.09 Å². The first-order chi connectivity index (χ1) is 8.44. The lowest BCUT2D eigenvalue weighted by Crippen LogP contribution is -2.35. The lowest BCUT2D eigenvalue weighted by atomic mass is 10.0. The predicted octanol–water partition coefficient (Wildman–Crippen LogP) is 1.86. The molecule has 1 amide bonds. The number of anilines is 1. The molecule has 1 aliphatic rings. The Bertz CT molecular complexity index is 421. The van der Waals surface area contributed by atoms with Crippen molar-refractivity contribution in [1.29, 1.82) is 0 Å². The molecule has 0 bridgehead atoms. The van der Waals surface area contributed by atoms with E-state index in [1.807, 2.05) is 0 Å². The van der Waals surface area contributed by atoms with Crippen molar-refractivity contribution < 1.29 is 9.53 Å². The molecule has 0 spiro atoms. The fourth-order valence-corrected chi connectivity index (χ4v) is 1.55. The van der Waals surface area contributed by atoms with Crippen LogP contribution in [0, 0.1) is 0 Å². The highest BCUT2D eigenvalue weighted by molar-refractivity contribution is 5.82. The fraction of sp³-hybridized carbons (Fsp3) is 0.583. The van der Waals surface area contributed by atoms with E-state index in [-0.39, 0.29) is 5.95 Å². The van der Waals surface area contributed by atoms with E-state index in [2.05, 4.69) is 20.6 Å². The summed E-state index contributed by atoms with van der Waals surface area (Å²) >= 11 is 0. The van der Waals surface area contributed by atoms with Gasteiger partial charge in [-0.05, 0) is 33.7 Å². The highest BCUT2D eigenvalue weighted by Crippen LogP contribution is 2.21. The van der Waals surface area contributed by atoms with Crippen LogP contribution in [0.25, 0.3) is 0 Å². The number of nitrogens with one attached hydrogen (secondary N) is 2. The van der Waals surface area contributed by atoms with E-state index in [0.717, 1.165) is 18.5 Å². The van der Waals surface area contributed by atoms with E-state index in [4.69, 9.17) is 4.74 Å². The van der Waals surface area contributed by atoms with Crippen molar-refractivity contribution in [2.45, 2.75) is 38.8 Å². The van der Waals surface area contributed by atoms with Crippen molar-refractivity contribution in [1.82, 2.24) is 15.3 Å². The summed E-state index contributed by atoms with van der Waals surface area (Å²) in [6.45, 7) is 6.44. The number of ether oxygens (including phenoxy) is 1. The van der Waals surface area contributed by atoms with Gasteiger partial charge in [-0.2, -0.15) is 0 Å². The summed E-state index contributed by atoms with van der Waals surface area (Å²) in [4.78, 5) is 19.7. The average Bonchev–Trinajstić information content (AvgIpc) is 2.15. The first-order valence-corrected chi connectivity index (χ1v) is 5.99. The van der Waals surface area contributed by atoms with Crippen molar-refractivity contribution in [2.24, 2.45) is 0 Å². The first kappa shape index (κ1) is 12.8.